The fourth-order valence-electron chi connectivity index (χ4n) is 2.78. The van der Waals surface area contributed by atoms with Gasteiger partial charge in [0.15, 0.2) is 12.6 Å². The third-order valence-corrected chi connectivity index (χ3v) is 6.94. The van der Waals surface area contributed by atoms with Crippen molar-refractivity contribution in [1.29, 1.82) is 0 Å². The Morgan fingerprint density at radius 3 is 1.71 bits per heavy atom. The maximum Gasteiger partial charge on any atom is 0.187 e. The number of hydrogen-bond donors (Lipinski definition) is 10. The standard InChI is InChI=1S/C12H22O11.C4H12N2S2/c13-1-3-5(15)6(16)9(19)12(22-3)23-10-4(2-14)21-11(20)8(18)7(10)17;5-1-3-7-8-4-2-6/h3-20H,1-2H2;1-6H2/t3-,4-,5-,6+,7-,8-,9-,10-,11-,12-;/m1./s1. The number of rotatable bonds is 9. The minimum absolute atomic E-state index is 0.667. The number of hydrogen-bond acceptors (Lipinski definition) is 15. The van der Waals surface area contributed by atoms with Crippen LogP contribution in [0.1, 0.15) is 0 Å². The summed E-state index contributed by atoms with van der Waals surface area (Å²) in [5, 5.41) is 76.5. The second kappa shape index (κ2) is 15.2. The van der Waals surface area contributed by atoms with Crippen molar-refractivity contribution in [2.45, 2.75) is 61.4 Å². The van der Waals surface area contributed by atoms with E-state index in [-0.39, 0.29) is 0 Å². The minimum atomic E-state index is -1.74. The Morgan fingerprint density at radius 2 is 1.23 bits per heavy atom. The maximum atomic E-state index is 9.94. The van der Waals surface area contributed by atoms with Crippen LogP contribution in [-0.2, 0) is 14.2 Å². The van der Waals surface area contributed by atoms with Gasteiger partial charge >= 0.3 is 0 Å². The van der Waals surface area contributed by atoms with Gasteiger partial charge in [-0.3, -0.25) is 0 Å². The van der Waals surface area contributed by atoms with Crippen LogP contribution in [0.3, 0.4) is 0 Å². The lowest BCUT2D eigenvalue weighted by molar-refractivity contribution is -0.355. The first-order chi connectivity index (χ1) is 14.7. The average molecular weight is 495 g/mol. The Kier molecular flexibility index (Phi) is 14.3. The summed E-state index contributed by atoms with van der Waals surface area (Å²) in [5.41, 5.74) is 10.5. The van der Waals surface area contributed by atoms with Gasteiger partial charge in [-0.2, -0.15) is 0 Å². The molecule has 0 radical (unpaired) electrons. The number of aliphatic hydroxyl groups excluding tert-OH is 8. The summed E-state index contributed by atoms with van der Waals surface area (Å²) >= 11 is 0. The van der Waals surface area contributed by atoms with Crippen molar-refractivity contribution in [1.82, 2.24) is 0 Å². The minimum Gasteiger partial charge on any atom is -0.394 e. The van der Waals surface area contributed by atoms with Crippen molar-refractivity contribution in [3.63, 3.8) is 0 Å². The molecule has 0 aliphatic carbocycles. The second-order valence-electron chi connectivity index (χ2n) is 6.75. The van der Waals surface area contributed by atoms with Gasteiger partial charge in [-0.1, -0.05) is 21.6 Å². The van der Waals surface area contributed by atoms with Gasteiger partial charge in [0.1, 0.15) is 48.8 Å². The van der Waals surface area contributed by atoms with Crippen LogP contribution in [0, 0.1) is 0 Å². The highest BCUT2D eigenvalue weighted by atomic mass is 33.1. The molecule has 2 rings (SSSR count). The fourth-order valence-corrected chi connectivity index (χ4v) is 4.50. The largest absolute Gasteiger partial charge is 0.394 e. The summed E-state index contributed by atoms with van der Waals surface area (Å²) in [4.78, 5) is 0. The Morgan fingerprint density at radius 1 is 0.677 bits per heavy atom. The molecule has 15 heteroatoms. The topological polar surface area (TPSA) is 242 Å². The highest BCUT2D eigenvalue weighted by Gasteiger charge is 2.50. The van der Waals surface area contributed by atoms with E-state index in [0.717, 1.165) is 24.6 Å². The molecule has 2 heterocycles. The van der Waals surface area contributed by atoms with Gasteiger partial charge < -0.3 is 66.5 Å². The van der Waals surface area contributed by atoms with Gasteiger partial charge in [-0.05, 0) is 0 Å². The van der Waals surface area contributed by atoms with Crippen molar-refractivity contribution in [2.24, 2.45) is 11.5 Å². The first-order valence-electron chi connectivity index (χ1n) is 9.64. The fraction of sp³-hybridized carbons (Fsp3) is 1.00. The van der Waals surface area contributed by atoms with Crippen LogP contribution in [-0.4, -0.2) is 140 Å². The van der Waals surface area contributed by atoms with Crippen molar-refractivity contribution < 1.29 is 55.1 Å². The molecule has 0 aromatic carbocycles. The molecule has 0 aromatic heterocycles. The lowest BCUT2D eigenvalue weighted by Crippen LogP contribution is -2.64. The number of ether oxygens (including phenoxy) is 3. The molecule has 0 aromatic rings. The summed E-state index contributed by atoms with van der Waals surface area (Å²) in [7, 11) is 3.58. The van der Waals surface area contributed by atoms with Crippen LogP contribution in [0.5, 0.6) is 0 Å². The summed E-state index contributed by atoms with van der Waals surface area (Å²) in [5.74, 6) is 2.06. The summed E-state index contributed by atoms with van der Waals surface area (Å²) in [6.45, 7) is 0.187. The average Bonchev–Trinajstić information content (AvgIpc) is 2.77. The molecule has 13 nitrogen and oxygen atoms in total. The molecule has 2 aliphatic rings. The Balaban J connectivity index is 0.000000512. The molecule has 31 heavy (non-hydrogen) atoms. The van der Waals surface area contributed by atoms with Crippen molar-refractivity contribution in [3.05, 3.63) is 0 Å². The molecular weight excluding hydrogens is 460 g/mol. The molecule has 0 unspecified atom stereocenters. The van der Waals surface area contributed by atoms with Crippen LogP contribution in [0.4, 0.5) is 0 Å². The number of nitrogens with two attached hydrogens (primary N) is 2. The molecule has 2 fully saturated rings. The lowest BCUT2D eigenvalue weighted by atomic mass is 9.97. The molecular formula is C16H34N2O11S2. The van der Waals surface area contributed by atoms with E-state index in [2.05, 4.69) is 0 Å². The van der Waals surface area contributed by atoms with E-state index in [9.17, 15) is 35.7 Å². The van der Waals surface area contributed by atoms with E-state index in [1.54, 1.807) is 21.6 Å². The number of aliphatic hydroxyl groups is 8. The van der Waals surface area contributed by atoms with Crippen molar-refractivity contribution in [3.8, 4) is 0 Å². The van der Waals surface area contributed by atoms with Gasteiger partial charge in [0.2, 0.25) is 0 Å². The van der Waals surface area contributed by atoms with Crippen LogP contribution in [0.15, 0.2) is 0 Å². The van der Waals surface area contributed by atoms with Crippen molar-refractivity contribution in [2.75, 3.05) is 37.8 Å². The van der Waals surface area contributed by atoms with E-state index in [0.29, 0.717) is 0 Å². The van der Waals surface area contributed by atoms with Crippen LogP contribution >= 0.6 is 21.6 Å². The summed E-state index contributed by atoms with van der Waals surface area (Å²) in [6.07, 6.45) is -15.6. The van der Waals surface area contributed by atoms with Crippen LogP contribution in [0.25, 0.3) is 0 Å². The highest BCUT2D eigenvalue weighted by molar-refractivity contribution is 8.76. The second-order valence-corrected chi connectivity index (χ2v) is 9.45. The molecule has 10 atom stereocenters. The first-order valence-corrected chi connectivity index (χ1v) is 12.1. The first kappa shape index (κ1) is 29.2. The Bertz CT molecular complexity index is 477. The molecule has 0 bridgehead atoms. The van der Waals surface area contributed by atoms with E-state index in [1.807, 2.05) is 0 Å². The zero-order chi connectivity index (χ0) is 23.6. The van der Waals surface area contributed by atoms with Gasteiger partial charge in [-0.25, -0.2) is 0 Å². The van der Waals surface area contributed by atoms with Gasteiger partial charge in [0.25, 0.3) is 0 Å². The molecule has 2 saturated heterocycles. The smallest absolute Gasteiger partial charge is 0.187 e. The predicted molar refractivity (Wildman–Crippen MR) is 112 cm³/mol. The van der Waals surface area contributed by atoms with Crippen LogP contribution in [0.2, 0.25) is 0 Å². The third-order valence-electron chi connectivity index (χ3n) is 4.46. The van der Waals surface area contributed by atoms with Crippen molar-refractivity contribution >= 4 is 21.6 Å². The van der Waals surface area contributed by atoms with E-state index < -0.39 is 74.6 Å². The molecule has 2 aliphatic heterocycles. The maximum absolute atomic E-state index is 9.94. The Hall–Kier alpha value is 0.180. The highest BCUT2D eigenvalue weighted by Crippen LogP contribution is 2.28. The van der Waals surface area contributed by atoms with E-state index >= 15 is 0 Å². The molecule has 0 saturated carbocycles. The lowest BCUT2D eigenvalue weighted by Gasteiger charge is -2.45. The van der Waals surface area contributed by atoms with E-state index in [1.165, 1.54) is 0 Å². The SMILES string of the molecule is NCCSSCCN.OC[C@H]1O[C@H](O[C@H]2[C@H](O)[C@@H](O)[C@H](O)O[C@@H]2CO)[C@H](O)[C@@H](O)[C@@H]1O. The monoisotopic (exact) mass is 494 g/mol. The quantitative estimate of drug-likeness (QED) is 0.106. The summed E-state index contributed by atoms with van der Waals surface area (Å²) < 4.78 is 15.3. The Labute approximate surface area is 187 Å². The predicted octanol–water partition coefficient (Wildman–Crippen LogP) is -5.11. The molecule has 186 valence electrons. The zero-order valence-corrected chi connectivity index (χ0v) is 18.4. The van der Waals surface area contributed by atoms with Gasteiger partial charge in [0.05, 0.1) is 13.2 Å². The van der Waals surface area contributed by atoms with Gasteiger partial charge in [0, 0.05) is 24.6 Å². The van der Waals surface area contributed by atoms with Gasteiger partial charge in [-0.15, -0.1) is 0 Å². The normalized spacial score (nSPS) is 40.8. The molecule has 0 spiro atoms. The van der Waals surface area contributed by atoms with E-state index in [4.69, 9.17) is 30.8 Å². The molecule has 12 N–H and O–H groups in total. The molecule has 0 amide bonds. The zero-order valence-electron chi connectivity index (χ0n) is 16.8. The van der Waals surface area contributed by atoms with Crippen LogP contribution < -0.4 is 11.5 Å². The third kappa shape index (κ3) is 8.47. The summed E-state index contributed by atoms with van der Waals surface area (Å²) in [6, 6.07) is 0.